The molecule has 0 bridgehead atoms. The topological polar surface area (TPSA) is 58.4 Å². The molecule has 3 aromatic rings. The summed E-state index contributed by atoms with van der Waals surface area (Å²) in [6, 6.07) is 15.1. The minimum Gasteiger partial charge on any atom is -0.436 e. The maximum atomic E-state index is 12.4. The highest BCUT2D eigenvalue weighted by atomic mass is 16.3. The van der Waals surface area contributed by atoms with Crippen LogP contribution in [-0.2, 0) is 0 Å². The van der Waals surface area contributed by atoms with E-state index in [-0.39, 0.29) is 5.91 Å². The fourth-order valence-corrected chi connectivity index (χ4v) is 2.32. The Morgan fingerprint density at radius 1 is 1.13 bits per heavy atom. The number of likely N-dealkylation sites (N-methyl/N-ethyl adjacent to an activating group) is 1. The lowest BCUT2D eigenvalue weighted by Crippen LogP contribution is -2.31. The Morgan fingerprint density at radius 3 is 2.65 bits per heavy atom. The molecule has 5 nitrogen and oxygen atoms in total. The SMILES string of the molecule is CN(C)CCNC(=O)c1cccc2oc(-c3ccccc3)nc12. The number of carbonyl (C=O) groups excluding carboxylic acids is 1. The van der Waals surface area contributed by atoms with Gasteiger partial charge in [-0.25, -0.2) is 4.98 Å². The molecule has 1 N–H and O–H groups in total. The Hall–Kier alpha value is -2.66. The number of carbonyl (C=O) groups is 1. The molecule has 0 saturated heterocycles. The van der Waals surface area contributed by atoms with E-state index in [1.165, 1.54) is 0 Å². The van der Waals surface area contributed by atoms with Crippen LogP contribution in [0.4, 0.5) is 0 Å². The first-order chi connectivity index (χ1) is 11.1. The minimum atomic E-state index is -0.134. The zero-order chi connectivity index (χ0) is 16.2. The van der Waals surface area contributed by atoms with Crippen LogP contribution in [0, 0.1) is 0 Å². The molecule has 0 atom stereocenters. The summed E-state index contributed by atoms with van der Waals surface area (Å²) < 4.78 is 5.79. The second kappa shape index (κ2) is 6.62. The predicted molar refractivity (Wildman–Crippen MR) is 90.3 cm³/mol. The summed E-state index contributed by atoms with van der Waals surface area (Å²) in [5.74, 6) is 0.388. The van der Waals surface area contributed by atoms with Gasteiger partial charge in [0.2, 0.25) is 5.89 Å². The first-order valence-electron chi connectivity index (χ1n) is 7.53. The molecular weight excluding hydrogens is 290 g/mol. The van der Waals surface area contributed by atoms with Crippen LogP contribution in [0.15, 0.2) is 52.9 Å². The van der Waals surface area contributed by atoms with E-state index in [1.54, 1.807) is 6.07 Å². The number of fused-ring (bicyclic) bond motifs is 1. The molecule has 1 aromatic heterocycles. The molecule has 0 fully saturated rings. The van der Waals surface area contributed by atoms with Crippen molar-refractivity contribution in [3.8, 4) is 11.5 Å². The molecule has 0 aliphatic heterocycles. The predicted octanol–water partition coefficient (Wildman–Crippen LogP) is 2.79. The Kier molecular flexibility index (Phi) is 4.39. The maximum Gasteiger partial charge on any atom is 0.253 e. The Labute approximate surface area is 134 Å². The molecular formula is C18H19N3O2. The van der Waals surface area contributed by atoms with Crippen molar-refractivity contribution < 1.29 is 9.21 Å². The van der Waals surface area contributed by atoms with E-state index in [0.717, 1.165) is 12.1 Å². The maximum absolute atomic E-state index is 12.4. The standard InChI is InChI=1S/C18H19N3O2/c1-21(2)12-11-19-17(22)14-9-6-10-15-16(14)20-18(23-15)13-7-4-3-5-8-13/h3-10H,11-12H2,1-2H3,(H,19,22). The van der Waals surface area contributed by atoms with Gasteiger partial charge in [-0.15, -0.1) is 0 Å². The zero-order valence-corrected chi connectivity index (χ0v) is 13.2. The van der Waals surface area contributed by atoms with E-state index in [1.807, 2.05) is 61.5 Å². The van der Waals surface area contributed by atoms with Crippen LogP contribution in [-0.4, -0.2) is 43.0 Å². The van der Waals surface area contributed by atoms with Gasteiger partial charge in [0, 0.05) is 18.7 Å². The molecule has 23 heavy (non-hydrogen) atoms. The van der Waals surface area contributed by atoms with Gasteiger partial charge in [-0.1, -0.05) is 24.3 Å². The number of nitrogens with one attached hydrogen (secondary N) is 1. The Balaban J connectivity index is 1.89. The summed E-state index contributed by atoms with van der Waals surface area (Å²) in [4.78, 5) is 18.9. The summed E-state index contributed by atoms with van der Waals surface area (Å²) >= 11 is 0. The molecule has 0 unspecified atom stereocenters. The van der Waals surface area contributed by atoms with Gasteiger partial charge in [0.15, 0.2) is 5.58 Å². The summed E-state index contributed by atoms with van der Waals surface area (Å²) in [6.07, 6.45) is 0. The molecule has 2 aromatic carbocycles. The highest BCUT2D eigenvalue weighted by Gasteiger charge is 2.15. The van der Waals surface area contributed by atoms with E-state index >= 15 is 0 Å². The molecule has 0 radical (unpaired) electrons. The Morgan fingerprint density at radius 2 is 1.91 bits per heavy atom. The van der Waals surface area contributed by atoms with E-state index in [9.17, 15) is 4.79 Å². The third-order valence-corrected chi connectivity index (χ3v) is 3.53. The molecule has 1 heterocycles. The molecule has 5 heteroatoms. The lowest BCUT2D eigenvalue weighted by atomic mass is 10.2. The summed E-state index contributed by atoms with van der Waals surface area (Å²) in [5, 5.41) is 2.91. The zero-order valence-electron chi connectivity index (χ0n) is 13.2. The molecule has 3 rings (SSSR count). The number of hydrogen-bond donors (Lipinski definition) is 1. The number of oxazole rings is 1. The lowest BCUT2D eigenvalue weighted by Gasteiger charge is -2.10. The average Bonchev–Trinajstić information content (AvgIpc) is 2.99. The lowest BCUT2D eigenvalue weighted by molar-refractivity contribution is 0.0952. The molecule has 0 spiro atoms. The van der Waals surface area contributed by atoms with Gasteiger partial charge in [-0.3, -0.25) is 4.79 Å². The first kappa shape index (κ1) is 15.2. The van der Waals surface area contributed by atoms with Crippen molar-refractivity contribution in [1.82, 2.24) is 15.2 Å². The van der Waals surface area contributed by atoms with Gasteiger partial charge < -0.3 is 14.6 Å². The fourth-order valence-electron chi connectivity index (χ4n) is 2.32. The number of hydrogen-bond acceptors (Lipinski definition) is 4. The van der Waals surface area contributed by atoms with E-state index in [4.69, 9.17) is 4.42 Å². The van der Waals surface area contributed by atoms with Crippen molar-refractivity contribution in [2.45, 2.75) is 0 Å². The highest BCUT2D eigenvalue weighted by Crippen LogP contribution is 2.26. The summed E-state index contributed by atoms with van der Waals surface area (Å²) in [6.45, 7) is 1.38. The largest absolute Gasteiger partial charge is 0.436 e. The summed E-state index contributed by atoms with van der Waals surface area (Å²) in [7, 11) is 3.94. The van der Waals surface area contributed by atoms with Crippen LogP contribution in [0.2, 0.25) is 0 Å². The van der Waals surface area contributed by atoms with Crippen molar-refractivity contribution in [2.24, 2.45) is 0 Å². The van der Waals surface area contributed by atoms with E-state index < -0.39 is 0 Å². The van der Waals surface area contributed by atoms with Crippen molar-refractivity contribution in [3.63, 3.8) is 0 Å². The monoisotopic (exact) mass is 309 g/mol. The molecule has 0 aliphatic carbocycles. The van der Waals surface area contributed by atoms with Crippen LogP contribution in [0.5, 0.6) is 0 Å². The highest BCUT2D eigenvalue weighted by molar-refractivity contribution is 6.04. The number of rotatable bonds is 5. The number of benzene rings is 2. The van der Waals surface area contributed by atoms with Crippen LogP contribution in [0.25, 0.3) is 22.6 Å². The van der Waals surface area contributed by atoms with Crippen LogP contribution < -0.4 is 5.32 Å². The normalized spacial score (nSPS) is 11.1. The number of para-hydroxylation sites is 1. The number of aromatic nitrogens is 1. The smallest absolute Gasteiger partial charge is 0.253 e. The fraction of sp³-hybridized carbons (Fsp3) is 0.222. The van der Waals surface area contributed by atoms with Crippen LogP contribution in [0.1, 0.15) is 10.4 Å². The van der Waals surface area contributed by atoms with Crippen LogP contribution in [0.3, 0.4) is 0 Å². The third kappa shape index (κ3) is 3.40. The van der Waals surface area contributed by atoms with Gasteiger partial charge in [0.05, 0.1) is 5.56 Å². The second-order valence-electron chi connectivity index (χ2n) is 5.60. The quantitative estimate of drug-likeness (QED) is 0.787. The van der Waals surface area contributed by atoms with Gasteiger partial charge in [-0.2, -0.15) is 0 Å². The van der Waals surface area contributed by atoms with E-state index in [0.29, 0.717) is 29.1 Å². The third-order valence-electron chi connectivity index (χ3n) is 3.53. The van der Waals surface area contributed by atoms with Crippen molar-refractivity contribution in [2.75, 3.05) is 27.2 Å². The van der Waals surface area contributed by atoms with Crippen molar-refractivity contribution in [1.29, 1.82) is 0 Å². The molecule has 1 amide bonds. The minimum absolute atomic E-state index is 0.134. The van der Waals surface area contributed by atoms with Gasteiger partial charge >= 0.3 is 0 Å². The number of nitrogens with zero attached hydrogens (tertiary/aromatic N) is 2. The van der Waals surface area contributed by atoms with Crippen molar-refractivity contribution >= 4 is 17.0 Å². The molecule has 118 valence electrons. The molecule has 0 aliphatic rings. The van der Waals surface area contributed by atoms with Crippen molar-refractivity contribution in [3.05, 3.63) is 54.1 Å². The van der Waals surface area contributed by atoms with Gasteiger partial charge in [0.1, 0.15) is 5.52 Å². The molecule has 0 saturated carbocycles. The van der Waals surface area contributed by atoms with Gasteiger partial charge in [-0.05, 0) is 38.4 Å². The van der Waals surface area contributed by atoms with Gasteiger partial charge in [0.25, 0.3) is 5.91 Å². The second-order valence-corrected chi connectivity index (χ2v) is 5.60. The first-order valence-corrected chi connectivity index (χ1v) is 7.53. The number of amides is 1. The van der Waals surface area contributed by atoms with Crippen LogP contribution >= 0.6 is 0 Å². The summed E-state index contributed by atoms with van der Waals surface area (Å²) in [5.41, 5.74) is 2.63. The van der Waals surface area contributed by atoms with E-state index in [2.05, 4.69) is 10.3 Å². The average molecular weight is 309 g/mol. The Bertz CT molecular complexity index is 810.